The van der Waals surface area contributed by atoms with Crippen molar-refractivity contribution in [2.24, 2.45) is 11.8 Å². The van der Waals surface area contributed by atoms with E-state index in [2.05, 4.69) is 65.8 Å². The zero-order chi connectivity index (χ0) is 38.6. The van der Waals surface area contributed by atoms with E-state index in [1.165, 1.54) is 20.9 Å². The molecule has 2 aliphatic heterocycles. The Bertz CT molecular complexity index is 2410. The Balaban J connectivity index is 1.35. The van der Waals surface area contributed by atoms with Crippen LogP contribution < -0.4 is 0 Å². The Morgan fingerprint density at radius 2 is 0.926 bits per heavy atom. The van der Waals surface area contributed by atoms with Crippen molar-refractivity contribution in [3.63, 3.8) is 0 Å². The number of carbonyl (C=O) groups excluding carboxylic acids is 4. The molecule has 0 bridgehead atoms. The first-order valence-corrected chi connectivity index (χ1v) is 18.9. The van der Waals surface area contributed by atoms with Crippen molar-refractivity contribution in [1.29, 1.82) is 10.5 Å². The Labute approximate surface area is 315 Å². The minimum Gasteiger partial charge on any atom is -0.274 e. The molecule has 2 heterocycles. The molecule has 0 unspecified atom stereocenters. The lowest BCUT2D eigenvalue weighted by atomic mass is 9.79. The molecule has 5 aromatic carbocycles. The summed E-state index contributed by atoms with van der Waals surface area (Å²) in [5.74, 6) is -1.06. The highest BCUT2D eigenvalue weighted by atomic mass is 16.2. The third-order valence-electron chi connectivity index (χ3n) is 11.4. The molecule has 0 aromatic heterocycles. The average Bonchev–Trinajstić information content (AvgIpc) is 3.14. The Morgan fingerprint density at radius 3 is 1.28 bits per heavy atom. The number of carbonyl (C=O) groups is 4. The predicted molar refractivity (Wildman–Crippen MR) is 213 cm³/mol. The van der Waals surface area contributed by atoms with E-state index < -0.39 is 11.8 Å². The summed E-state index contributed by atoms with van der Waals surface area (Å²) < 4.78 is 0. The van der Waals surface area contributed by atoms with E-state index in [0.717, 1.165) is 25.7 Å². The molecular formula is C46H44N4O4. The van der Waals surface area contributed by atoms with Crippen molar-refractivity contribution >= 4 is 66.7 Å². The Kier molecular flexibility index (Phi) is 9.58. The van der Waals surface area contributed by atoms with Crippen molar-refractivity contribution in [3.05, 3.63) is 93.1 Å². The van der Waals surface area contributed by atoms with Gasteiger partial charge in [-0.25, -0.2) is 0 Å². The van der Waals surface area contributed by atoms with Gasteiger partial charge in [-0.15, -0.1) is 0 Å². The summed E-state index contributed by atoms with van der Waals surface area (Å²) in [6.07, 6.45) is 9.45. The van der Waals surface area contributed by atoms with Crippen LogP contribution in [-0.4, -0.2) is 46.5 Å². The summed E-state index contributed by atoms with van der Waals surface area (Å²) in [4.78, 5) is 59.1. The standard InChI is InChI=1S/C46H44N4O4/c1-25(2)9-7-11-27(5)17-19-49-43(51)33-15-13-31-38-30(24-48)22-36-40-34(44(52)50(46(36)54)20-18-28(6)12-8-10-26(3)4)16-14-32(42(38)40)37-29(23-47)21-35(45(49)53)39(33)41(31)37/h9-10,13-16,21-22,27-28H,7-8,11-12,17-20H2,1-6H3/t27-,28-/m0/s1. The average molecular weight is 717 g/mol. The SMILES string of the molecule is CC(C)=CCC[C@H](C)CCN1C(=O)c2ccc3c4c(C#N)cc5c6c(ccc(c7c(C#N)cc(c2c37)C1=O)c64)C(=O)N(CC[C@@H](C)CCC=C(C)C)C5=O. The quantitative estimate of drug-likeness (QED) is 0.0548. The van der Waals surface area contributed by atoms with Gasteiger partial charge in [0.1, 0.15) is 0 Å². The van der Waals surface area contributed by atoms with Crippen molar-refractivity contribution in [2.75, 3.05) is 13.1 Å². The van der Waals surface area contributed by atoms with Crippen LogP contribution in [-0.2, 0) is 0 Å². The first-order chi connectivity index (χ1) is 25.9. The largest absolute Gasteiger partial charge is 0.274 e. The lowest BCUT2D eigenvalue weighted by Crippen LogP contribution is -2.41. The fraction of sp³-hybridized carbons (Fsp3) is 0.348. The molecular weight excluding hydrogens is 673 g/mol. The Hall–Kier alpha value is -5.86. The van der Waals surface area contributed by atoms with Crippen molar-refractivity contribution < 1.29 is 19.2 Å². The van der Waals surface area contributed by atoms with Crippen LogP contribution in [0.3, 0.4) is 0 Å². The van der Waals surface area contributed by atoms with Crippen LogP contribution in [0, 0.1) is 34.5 Å². The van der Waals surface area contributed by atoms with E-state index in [0.29, 0.717) is 78.9 Å². The second kappa shape index (κ2) is 14.2. The van der Waals surface area contributed by atoms with Crippen molar-refractivity contribution in [3.8, 4) is 12.1 Å². The zero-order valence-electron chi connectivity index (χ0n) is 31.9. The van der Waals surface area contributed by atoms with Crippen LogP contribution in [0.1, 0.15) is 133 Å². The molecule has 0 spiro atoms. The van der Waals surface area contributed by atoms with Crippen LogP contribution >= 0.6 is 0 Å². The van der Waals surface area contributed by atoms with Crippen LogP contribution in [0.15, 0.2) is 59.7 Å². The van der Waals surface area contributed by atoms with E-state index in [1.54, 1.807) is 36.4 Å². The third kappa shape index (κ3) is 5.91. The molecule has 2 atom stereocenters. The topological polar surface area (TPSA) is 122 Å². The van der Waals surface area contributed by atoms with Gasteiger partial charge in [0, 0.05) is 56.5 Å². The molecule has 0 aliphatic carbocycles. The van der Waals surface area contributed by atoms with Crippen LogP contribution in [0.4, 0.5) is 0 Å². The maximum atomic E-state index is 14.2. The highest BCUT2D eigenvalue weighted by molar-refractivity contribution is 6.42. The molecule has 8 nitrogen and oxygen atoms in total. The highest BCUT2D eigenvalue weighted by Gasteiger charge is 2.38. The summed E-state index contributed by atoms with van der Waals surface area (Å²) >= 11 is 0. The third-order valence-corrected chi connectivity index (χ3v) is 11.4. The Morgan fingerprint density at radius 1 is 0.556 bits per heavy atom. The number of benzene rings is 5. The molecule has 7 rings (SSSR count). The van der Waals surface area contributed by atoms with E-state index in [9.17, 15) is 29.7 Å². The number of amides is 4. The van der Waals surface area contributed by atoms with Gasteiger partial charge in [-0.1, -0.05) is 49.3 Å². The van der Waals surface area contributed by atoms with Crippen LogP contribution in [0.5, 0.6) is 0 Å². The van der Waals surface area contributed by atoms with Gasteiger partial charge in [0.05, 0.1) is 34.4 Å². The monoisotopic (exact) mass is 716 g/mol. The second-order valence-corrected chi connectivity index (χ2v) is 15.8. The van der Waals surface area contributed by atoms with Gasteiger partial charge >= 0.3 is 0 Å². The van der Waals surface area contributed by atoms with Gasteiger partial charge in [0.15, 0.2) is 0 Å². The maximum absolute atomic E-state index is 14.2. The normalized spacial score (nSPS) is 15.0. The number of nitrogens with zero attached hydrogens (tertiary/aromatic N) is 4. The minimum atomic E-state index is -0.441. The summed E-state index contributed by atoms with van der Waals surface area (Å²) in [7, 11) is 0. The maximum Gasteiger partial charge on any atom is 0.261 e. The molecule has 0 N–H and O–H groups in total. The number of rotatable bonds is 12. The molecule has 2 aliphatic rings. The van der Waals surface area contributed by atoms with Crippen molar-refractivity contribution in [2.45, 2.75) is 80.1 Å². The van der Waals surface area contributed by atoms with E-state index in [4.69, 9.17) is 0 Å². The smallest absolute Gasteiger partial charge is 0.261 e. The second-order valence-electron chi connectivity index (χ2n) is 15.8. The summed E-state index contributed by atoms with van der Waals surface area (Å²) in [5, 5.41) is 25.5. The van der Waals surface area contributed by atoms with E-state index in [1.807, 2.05) is 0 Å². The fourth-order valence-electron chi connectivity index (χ4n) is 8.45. The molecule has 272 valence electrons. The number of allylic oxidation sites excluding steroid dienone is 4. The van der Waals surface area contributed by atoms with Crippen LogP contribution in [0.25, 0.3) is 43.1 Å². The van der Waals surface area contributed by atoms with Crippen molar-refractivity contribution in [1.82, 2.24) is 9.80 Å². The van der Waals surface area contributed by atoms with E-state index in [-0.39, 0.29) is 47.2 Å². The van der Waals surface area contributed by atoms with Gasteiger partial charge in [-0.3, -0.25) is 29.0 Å². The van der Waals surface area contributed by atoms with Gasteiger partial charge < -0.3 is 0 Å². The summed E-state index contributed by atoms with van der Waals surface area (Å²) in [6.45, 7) is 13.0. The summed E-state index contributed by atoms with van der Waals surface area (Å²) in [6, 6.07) is 14.7. The molecule has 0 saturated carbocycles. The highest BCUT2D eigenvalue weighted by Crippen LogP contribution is 2.48. The van der Waals surface area contributed by atoms with Gasteiger partial charge in [-0.2, -0.15) is 10.5 Å². The molecule has 5 aromatic rings. The lowest BCUT2D eigenvalue weighted by Gasteiger charge is -2.31. The fourth-order valence-corrected chi connectivity index (χ4v) is 8.45. The predicted octanol–water partition coefficient (Wildman–Crippen LogP) is 10.2. The van der Waals surface area contributed by atoms with E-state index >= 15 is 0 Å². The van der Waals surface area contributed by atoms with Gasteiger partial charge in [0.25, 0.3) is 23.6 Å². The number of hydrogen-bond acceptors (Lipinski definition) is 6. The van der Waals surface area contributed by atoms with Gasteiger partial charge in [0.2, 0.25) is 0 Å². The number of hydrogen-bond donors (Lipinski definition) is 0. The molecule has 0 fully saturated rings. The van der Waals surface area contributed by atoms with Gasteiger partial charge in [-0.05, 0) is 113 Å². The lowest BCUT2D eigenvalue weighted by molar-refractivity contribution is 0.0586. The molecule has 4 amide bonds. The molecule has 0 saturated heterocycles. The molecule has 54 heavy (non-hydrogen) atoms. The first kappa shape index (κ1) is 36.5. The first-order valence-electron chi connectivity index (χ1n) is 18.9. The number of fused-ring (bicyclic) bond motifs is 2. The number of imide groups is 2. The summed E-state index contributed by atoms with van der Waals surface area (Å²) in [5.41, 5.74) is 4.31. The number of nitriles is 2. The minimum absolute atomic E-state index is 0.246. The zero-order valence-corrected chi connectivity index (χ0v) is 31.9. The molecule has 0 radical (unpaired) electrons. The molecule has 8 heteroatoms. The van der Waals surface area contributed by atoms with Crippen LogP contribution in [0.2, 0.25) is 0 Å².